The number of thiocarbonyl (C=S) groups is 1. The molecular formula is C16H23N3OS. The van der Waals surface area contributed by atoms with Gasteiger partial charge in [-0.1, -0.05) is 44.3 Å². The highest BCUT2D eigenvalue weighted by Crippen LogP contribution is 2.27. The molecule has 114 valence electrons. The first kappa shape index (κ1) is 15.9. The van der Waals surface area contributed by atoms with Crippen LogP contribution in [0.4, 0.5) is 0 Å². The van der Waals surface area contributed by atoms with Gasteiger partial charge >= 0.3 is 0 Å². The maximum absolute atomic E-state index is 12.5. The molecular weight excluding hydrogens is 282 g/mol. The van der Waals surface area contributed by atoms with Gasteiger partial charge in [-0.2, -0.15) is 0 Å². The van der Waals surface area contributed by atoms with E-state index in [1.54, 1.807) is 12.3 Å². The van der Waals surface area contributed by atoms with Crippen LogP contribution in [-0.4, -0.2) is 21.4 Å². The molecule has 21 heavy (non-hydrogen) atoms. The van der Waals surface area contributed by atoms with Gasteiger partial charge < -0.3 is 11.1 Å². The summed E-state index contributed by atoms with van der Waals surface area (Å²) in [5.74, 6) is -0.143. The fourth-order valence-corrected chi connectivity index (χ4v) is 3.09. The van der Waals surface area contributed by atoms with Gasteiger partial charge in [-0.05, 0) is 31.9 Å². The Morgan fingerprint density at radius 2 is 1.86 bits per heavy atom. The Balaban J connectivity index is 2.16. The van der Waals surface area contributed by atoms with Crippen molar-refractivity contribution in [2.45, 2.75) is 57.4 Å². The molecule has 1 aromatic heterocycles. The maximum Gasteiger partial charge on any atom is 0.253 e. The van der Waals surface area contributed by atoms with E-state index >= 15 is 0 Å². The summed E-state index contributed by atoms with van der Waals surface area (Å²) in [5.41, 5.74) is 6.87. The third-order valence-corrected chi connectivity index (χ3v) is 4.60. The second-order valence-corrected chi connectivity index (χ2v) is 6.30. The number of amides is 1. The Hall–Kier alpha value is -1.49. The Morgan fingerprint density at radius 1 is 1.24 bits per heavy atom. The minimum absolute atomic E-state index is 0.143. The van der Waals surface area contributed by atoms with Crippen molar-refractivity contribution in [3.63, 3.8) is 0 Å². The van der Waals surface area contributed by atoms with Crippen molar-refractivity contribution < 1.29 is 4.79 Å². The number of nitrogens with two attached hydrogens (primary N) is 1. The molecule has 0 unspecified atom stereocenters. The predicted molar refractivity (Wildman–Crippen MR) is 88.3 cm³/mol. The number of aromatic nitrogens is 1. The highest BCUT2D eigenvalue weighted by molar-refractivity contribution is 7.80. The molecule has 1 saturated carbocycles. The molecule has 0 spiro atoms. The van der Waals surface area contributed by atoms with Gasteiger partial charge in [0.05, 0.1) is 16.1 Å². The van der Waals surface area contributed by atoms with Crippen LogP contribution in [0.3, 0.4) is 0 Å². The number of carbonyl (C=O) groups excluding carboxylic acids is 1. The van der Waals surface area contributed by atoms with E-state index in [1.807, 2.05) is 13.0 Å². The van der Waals surface area contributed by atoms with Crippen LogP contribution >= 0.6 is 12.2 Å². The van der Waals surface area contributed by atoms with Crippen LogP contribution in [0, 0.1) is 6.92 Å². The first-order valence-corrected chi connectivity index (χ1v) is 7.99. The summed E-state index contributed by atoms with van der Waals surface area (Å²) in [4.78, 5) is 17.0. The summed E-state index contributed by atoms with van der Waals surface area (Å²) in [7, 11) is 0. The van der Waals surface area contributed by atoms with E-state index in [9.17, 15) is 4.79 Å². The molecule has 0 aliphatic heterocycles. The molecule has 0 bridgehead atoms. The summed E-state index contributed by atoms with van der Waals surface area (Å²) < 4.78 is 0. The van der Waals surface area contributed by atoms with Crippen LogP contribution in [0.2, 0.25) is 0 Å². The van der Waals surface area contributed by atoms with Crippen LogP contribution < -0.4 is 11.1 Å². The lowest BCUT2D eigenvalue weighted by Crippen LogP contribution is -2.57. The normalized spacial score (nSPS) is 18.3. The molecule has 0 saturated heterocycles. The van der Waals surface area contributed by atoms with Gasteiger partial charge in [-0.3, -0.25) is 9.78 Å². The zero-order chi connectivity index (χ0) is 15.3. The molecule has 0 radical (unpaired) electrons. The molecule has 1 heterocycles. The third-order valence-electron chi connectivity index (χ3n) is 4.21. The van der Waals surface area contributed by atoms with Gasteiger partial charge in [0.15, 0.2) is 0 Å². The maximum atomic E-state index is 12.5. The van der Waals surface area contributed by atoms with E-state index in [0.717, 1.165) is 31.4 Å². The predicted octanol–water partition coefficient (Wildman–Crippen LogP) is 2.89. The first-order chi connectivity index (χ1) is 10.0. The molecule has 2 rings (SSSR count). The van der Waals surface area contributed by atoms with Crippen LogP contribution in [-0.2, 0) is 0 Å². The topological polar surface area (TPSA) is 68.0 Å². The van der Waals surface area contributed by atoms with Crippen molar-refractivity contribution in [3.8, 4) is 0 Å². The molecule has 1 aliphatic carbocycles. The average molecular weight is 305 g/mol. The Bertz CT molecular complexity index is 505. The molecule has 1 amide bonds. The van der Waals surface area contributed by atoms with Crippen LogP contribution in [0.5, 0.6) is 0 Å². The quantitative estimate of drug-likeness (QED) is 0.843. The van der Waals surface area contributed by atoms with Crippen molar-refractivity contribution in [2.75, 3.05) is 0 Å². The van der Waals surface area contributed by atoms with E-state index in [2.05, 4.69) is 10.3 Å². The van der Waals surface area contributed by atoms with E-state index in [-0.39, 0.29) is 5.91 Å². The number of nitrogens with zero attached hydrogens (tertiary/aromatic N) is 1. The van der Waals surface area contributed by atoms with Crippen molar-refractivity contribution in [1.29, 1.82) is 0 Å². The number of pyridine rings is 1. The summed E-state index contributed by atoms with van der Waals surface area (Å²) in [6, 6.07) is 3.62. The molecule has 0 aromatic carbocycles. The minimum Gasteiger partial charge on any atom is -0.391 e. The molecule has 1 aliphatic rings. The summed E-state index contributed by atoms with van der Waals surface area (Å²) in [6.07, 6.45) is 8.94. The number of carbonyl (C=O) groups is 1. The number of hydrogen-bond acceptors (Lipinski definition) is 3. The zero-order valence-corrected chi connectivity index (χ0v) is 13.3. The molecule has 1 aromatic rings. The van der Waals surface area contributed by atoms with Gasteiger partial charge in [-0.15, -0.1) is 0 Å². The molecule has 1 fully saturated rings. The van der Waals surface area contributed by atoms with Crippen LogP contribution in [0.1, 0.15) is 61.0 Å². The second-order valence-electron chi connectivity index (χ2n) is 5.86. The van der Waals surface area contributed by atoms with Crippen molar-refractivity contribution in [1.82, 2.24) is 10.3 Å². The third kappa shape index (κ3) is 4.00. The van der Waals surface area contributed by atoms with Crippen molar-refractivity contribution in [3.05, 3.63) is 29.6 Å². The number of nitrogens with one attached hydrogen (secondary N) is 1. The minimum atomic E-state index is -0.544. The smallest absolute Gasteiger partial charge is 0.253 e. The number of aryl methyl sites for hydroxylation is 1. The summed E-state index contributed by atoms with van der Waals surface area (Å²) in [5, 5.41) is 3.09. The highest BCUT2D eigenvalue weighted by atomic mass is 32.1. The van der Waals surface area contributed by atoms with Crippen LogP contribution in [0.25, 0.3) is 0 Å². The van der Waals surface area contributed by atoms with E-state index in [0.29, 0.717) is 10.6 Å². The Labute approximate surface area is 131 Å². The highest BCUT2D eigenvalue weighted by Gasteiger charge is 2.35. The van der Waals surface area contributed by atoms with E-state index in [4.69, 9.17) is 18.0 Å². The van der Waals surface area contributed by atoms with Crippen molar-refractivity contribution >= 4 is 23.1 Å². The molecule has 5 heteroatoms. The number of rotatable bonds is 3. The lowest BCUT2D eigenvalue weighted by atomic mass is 9.83. The van der Waals surface area contributed by atoms with E-state index in [1.165, 1.54) is 19.3 Å². The summed E-state index contributed by atoms with van der Waals surface area (Å²) in [6.45, 7) is 1.90. The second kappa shape index (κ2) is 6.98. The lowest BCUT2D eigenvalue weighted by Gasteiger charge is -2.35. The van der Waals surface area contributed by atoms with Crippen LogP contribution in [0.15, 0.2) is 18.3 Å². The summed E-state index contributed by atoms with van der Waals surface area (Å²) >= 11 is 5.27. The average Bonchev–Trinajstić information content (AvgIpc) is 2.42. The SMILES string of the molecule is Cc1ccc(C(=O)NC2(C(N)=S)CCCCCCC2)cn1. The van der Waals surface area contributed by atoms with Gasteiger partial charge in [0.2, 0.25) is 0 Å². The lowest BCUT2D eigenvalue weighted by molar-refractivity contribution is 0.0912. The largest absolute Gasteiger partial charge is 0.391 e. The van der Waals surface area contributed by atoms with Gasteiger partial charge in [0.25, 0.3) is 5.91 Å². The standard InChI is InChI=1S/C16H23N3OS/c1-12-7-8-13(11-18-12)14(20)19-16(15(17)21)9-5-3-2-4-6-10-16/h7-8,11H,2-6,9-10H2,1H3,(H2,17,21)(H,19,20). The van der Waals surface area contributed by atoms with Crippen molar-refractivity contribution in [2.24, 2.45) is 5.73 Å². The zero-order valence-electron chi connectivity index (χ0n) is 12.5. The van der Waals surface area contributed by atoms with E-state index < -0.39 is 5.54 Å². The number of hydrogen-bond donors (Lipinski definition) is 2. The molecule has 3 N–H and O–H groups in total. The van der Waals surface area contributed by atoms with Gasteiger partial charge in [0, 0.05) is 11.9 Å². The fourth-order valence-electron chi connectivity index (χ4n) is 2.83. The molecule has 4 nitrogen and oxygen atoms in total. The van der Waals surface area contributed by atoms with Gasteiger partial charge in [0.1, 0.15) is 0 Å². The Morgan fingerprint density at radius 3 is 2.38 bits per heavy atom. The Kier molecular flexibility index (Phi) is 5.28. The first-order valence-electron chi connectivity index (χ1n) is 7.59. The fraction of sp³-hybridized carbons (Fsp3) is 0.562. The van der Waals surface area contributed by atoms with Gasteiger partial charge in [-0.25, -0.2) is 0 Å². The monoisotopic (exact) mass is 305 g/mol. The molecule has 0 atom stereocenters.